The molecule has 0 unspecified atom stereocenters. The van der Waals surface area contributed by atoms with Gasteiger partial charge in [0.2, 0.25) is 0 Å². The van der Waals surface area contributed by atoms with Crippen molar-refractivity contribution in [3.05, 3.63) is 104 Å². The number of hydrogen-bond acceptors (Lipinski definition) is 30. The summed E-state index contributed by atoms with van der Waals surface area (Å²) >= 11 is 14.5. The van der Waals surface area contributed by atoms with Crippen molar-refractivity contribution in [2.45, 2.75) is 291 Å². The minimum absolute atomic E-state index is 0. The van der Waals surface area contributed by atoms with Crippen LogP contribution in [0.1, 0.15) is 228 Å². The molecule has 0 radical (unpaired) electrons. The van der Waals surface area contributed by atoms with Crippen molar-refractivity contribution in [2.24, 2.45) is 37.8 Å². The summed E-state index contributed by atoms with van der Waals surface area (Å²) in [6, 6.07) is 15.4. The lowest BCUT2D eigenvalue weighted by Gasteiger charge is -2.29. The van der Waals surface area contributed by atoms with Crippen molar-refractivity contribution in [3.8, 4) is 46.0 Å². The molecule has 6 aromatic rings. The zero-order valence-corrected chi connectivity index (χ0v) is 87.2. The summed E-state index contributed by atoms with van der Waals surface area (Å²) in [4.78, 5) is 92.3. The fourth-order valence-electron chi connectivity index (χ4n) is 15.6. The Morgan fingerprint density at radius 2 is 0.881 bits per heavy atom. The van der Waals surface area contributed by atoms with Gasteiger partial charge in [-0.25, -0.2) is 29.5 Å². The number of rotatable bonds is 32. The molecule has 135 heavy (non-hydrogen) atoms. The molecule has 756 valence electrons. The molecule has 6 aliphatic rings. The molecule has 0 bridgehead atoms. The number of aryl methyl sites for hydroxylation is 2. The van der Waals surface area contributed by atoms with Gasteiger partial charge in [0.15, 0.2) is 23.0 Å². The summed E-state index contributed by atoms with van der Waals surface area (Å²) in [7, 11) is 5.60. The van der Waals surface area contributed by atoms with Crippen molar-refractivity contribution in [1.82, 2.24) is 44.1 Å². The number of aliphatic hydroxyl groups excluding tert-OH is 2. The Labute approximate surface area is 833 Å². The van der Waals surface area contributed by atoms with Crippen LogP contribution >= 0.6 is 83.1 Å². The van der Waals surface area contributed by atoms with E-state index in [1.807, 2.05) is 113 Å². The molecule has 40 heteroatoms. The molecule has 0 spiro atoms. The number of pyridine rings is 4. The molecule has 0 aromatic carbocycles. The molecule has 6 aromatic heterocycles. The van der Waals surface area contributed by atoms with Crippen LogP contribution in [0.4, 0.5) is 18.4 Å². The number of thioether (sulfide) groups is 3. The molecule has 6 aliphatic carbocycles. The summed E-state index contributed by atoms with van der Waals surface area (Å²) in [5, 5.41) is 48.9. The van der Waals surface area contributed by atoms with Crippen LogP contribution in [0.25, 0.3) is 11.3 Å². The molecule has 8 atom stereocenters. The zero-order chi connectivity index (χ0) is 98.5. The minimum Gasteiger partial charge on any atom is -0.504 e. The quantitative estimate of drug-likeness (QED) is 0.00861. The van der Waals surface area contributed by atoms with E-state index in [1.165, 1.54) is 12.1 Å². The van der Waals surface area contributed by atoms with Crippen LogP contribution in [0.3, 0.4) is 0 Å². The van der Waals surface area contributed by atoms with Gasteiger partial charge >= 0.3 is 43.2 Å². The average Bonchev–Trinajstić information content (AvgIpc) is 1.76. The first-order valence-corrected chi connectivity index (χ1v) is 52.6. The highest BCUT2D eigenvalue weighted by molar-refractivity contribution is 9.11. The number of nitrogens with zero attached hydrogens (tertiary/aromatic N) is 9. The Morgan fingerprint density at radius 1 is 0.496 bits per heavy atom. The number of hydrogen-bond donors (Lipinski definition) is 5. The van der Waals surface area contributed by atoms with Gasteiger partial charge in [0.1, 0.15) is 27.0 Å². The Balaban J connectivity index is 0.000000299. The summed E-state index contributed by atoms with van der Waals surface area (Å²) < 4.78 is 92.9. The second kappa shape index (κ2) is 63.3. The molecular formula is C95H143BBr3F2N9O22S3. The maximum atomic E-state index is 13.7. The van der Waals surface area contributed by atoms with Crippen LogP contribution in [-0.2, 0) is 74.9 Å². The predicted molar refractivity (Wildman–Crippen MR) is 531 cm³/mol. The molecule has 31 nitrogen and oxygen atoms in total. The van der Waals surface area contributed by atoms with Crippen molar-refractivity contribution < 1.29 is 115 Å². The lowest BCUT2D eigenvalue weighted by Crippen LogP contribution is -2.37. The number of aromatic nitrogens is 7. The van der Waals surface area contributed by atoms with Gasteiger partial charge in [-0.2, -0.15) is 49.2 Å². The Hall–Kier alpha value is -7.44. The Morgan fingerprint density at radius 3 is 1.27 bits per heavy atom. The van der Waals surface area contributed by atoms with Crippen LogP contribution in [-0.4, -0.2) is 243 Å². The highest BCUT2D eigenvalue weighted by Gasteiger charge is 2.36. The fraction of sp³-hybridized carbons (Fsp3) is 0.653. The number of esters is 4. The molecule has 2 amide bonds. The molecular weight excluding hydrogens is 2000 g/mol. The molecule has 6 saturated carbocycles. The normalized spacial score (nSPS) is 19.1. The van der Waals surface area contributed by atoms with Crippen LogP contribution in [0.2, 0.25) is 0 Å². The number of aromatic hydroxyl groups is 1. The van der Waals surface area contributed by atoms with Crippen molar-refractivity contribution in [1.29, 1.82) is 0 Å². The van der Waals surface area contributed by atoms with Crippen LogP contribution < -0.4 is 29.1 Å². The number of aliphatic hydroxyl groups is 2. The van der Waals surface area contributed by atoms with Crippen LogP contribution in [0, 0.1) is 35.6 Å². The average molecular weight is 2150 g/mol. The van der Waals surface area contributed by atoms with E-state index in [-0.39, 0.29) is 147 Å². The van der Waals surface area contributed by atoms with Crippen molar-refractivity contribution in [3.63, 3.8) is 0 Å². The molecule has 12 rings (SSSR count). The van der Waals surface area contributed by atoms with E-state index >= 15 is 0 Å². The van der Waals surface area contributed by atoms with Gasteiger partial charge in [-0.05, 0) is 299 Å². The minimum atomic E-state index is -1.56. The second-order valence-corrected chi connectivity index (χ2v) is 39.9. The number of halogens is 5. The number of carbonyl (C=O) groups is 6. The summed E-state index contributed by atoms with van der Waals surface area (Å²) in [5.41, 5.74) is 3.12. The second-order valence-electron chi connectivity index (χ2n) is 34.5. The number of amides is 2. The third-order valence-corrected chi connectivity index (χ3v) is 25.6. The van der Waals surface area contributed by atoms with Crippen LogP contribution in [0.15, 0.2) is 80.8 Å². The lowest BCUT2D eigenvalue weighted by atomic mass is 9.80. The Bertz CT molecular complexity index is 4520. The smallest absolute Gasteiger partial charge is 0.490 e. The summed E-state index contributed by atoms with van der Waals surface area (Å²) in [6.07, 6.45) is 29.2. The maximum Gasteiger partial charge on any atom is 0.490 e. The number of ether oxygens (including phenoxy) is 11. The zero-order valence-electron chi connectivity index (χ0n) is 80.0. The van der Waals surface area contributed by atoms with E-state index in [2.05, 4.69) is 67.8 Å². The first-order valence-electron chi connectivity index (χ1n) is 46.1. The fourth-order valence-corrected chi connectivity index (χ4v) is 17.2. The van der Waals surface area contributed by atoms with Gasteiger partial charge in [-0.15, -0.1) is 0 Å². The van der Waals surface area contributed by atoms with E-state index in [4.69, 9.17) is 67.3 Å². The highest BCUT2D eigenvalue weighted by atomic mass is 79.9. The maximum absolute atomic E-state index is 13.7. The lowest BCUT2D eigenvalue weighted by molar-refractivity contribution is -0.155. The van der Waals surface area contributed by atoms with Crippen LogP contribution in [0.5, 0.6) is 34.8 Å². The van der Waals surface area contributed by atoms with E-state index in [9.17, 15) is 52.7 Å². The van der Waals surface area contributed by atoms with Gasteiger partial charge in [0.05, 0.1) is 116 Å². The topological polar surface area (TPSA) is 386 Å². The van der Waals surface area contributed by atoms with Gasteiger partial charge in [-0.1, -0.05) is 39.5 Å². The summed E-state index contributed by atoms with van der Waals surface area (Å²) in [6.45, 7) is 16.3. The third-order valence-electron chi connectivity index (χ3n) is 22.5. The first kappa shape index (κ1) is 118. The molecule has 0 aliphatic heterocycles. The largest absolute Gasteiger partial charge is 0.504 e. The van der Waals surface area contributed by atoms with E-state index in [1.54, 1.807) is 99.0 Å². The Kier molecular flexibility index (Phi) is 55.3. The predicted octanol–water partition coefficient (Wildman–Crippen LogP) is 18.3. The van der Waals surface area contributed by atoms with E-state index < -0.39 is 24.8 Å². The SMILES string of the molecule is C.CC(C)OC(=O)[C@H]1CCC[C@H](O)C1.CC(C)OC(=O)[C@H]1CCC[C@H](Oc2ccc(Br)nc2F)C1.CN(C(=O)OCc1c(B(O)O)ccn1C)C1CCCC1.CSCCO.CSCCOc1nc(-c2cnn(C)c2COC(=O)N(C)C2CCCC2)ccc1O[C@H]1CCC[C@H](C(=O)OC(C)C)C1.CSCCOc1nc(Br)ccc1O[C@H]1CCC[C@H](C(=O)OC(C)C)C1.Oc1ccc(Br)nc1F. The van der Waals surface area contributed by atoms with Gasteiger partial charge in [-0.3, -0.25) is 23.9 Å². The standard InChI is InChI=1S/C30H44N4O6S.C18H26BrNO4S.C15H19BrFNO3.C13H21BN2O4.C10H18O3.C5H3BrFNO.C3H8OS.CH4/c1-20(2)39-29(35)21-9-8-12-23(17-21)40-27-14-13-25(32-28(27)37-15-16-41-5)24-18-31-34(4)26(24)19-38-30(36)33(3)22-10-6-7-11-22;1-12(2)23-18(21)13-5-4-6-14(11-13)24-15-7-8-16(19)20-17(15)22-9-10-25-3;1-9(2)20-15(19)10-4-3-5-11(8-10)21-12-6-7-13(16)18-14(12)17;1-15-8-7-11(14(18)19)12(15)9-20-13(17)16(2)10-5-3-4-6-10;1-7(2)13-10(12)8-4-3-5-9(11)6-8;6-4-2-1-3(9)5(7)8-4;1-5-3-2-4;/h13-14,18,20-23H,6-12,15-17,19H2,1-5H3;7-8,12-14H,4-6,9-11H2,1-3H3;6-7,9-11H,3-5,8H2,1-2H3;7-8,10,18-19H,3-6,9H2,1-2H3;7-9,11H,3-6H2,1-2H3;1-2,9H;4H,2-3H2,1H3;1H4/t21-,23-;13-,14-;10-,11-;;8-,9-;;;/m000.0.../s1. The highest BCUT2D eigenvalue weighted by Crippen LogP contribution is 2.39. The van der Waals surface area contributed by atoms with Crippen molar-refractivity contribution >= 4 is 132 Å². The summed E-state index contributed by atoms with van der Waals surface area (Å²) in [5.74, 6) is 1.71. The van der Waals surface area contributed by atoms with E-state index in [0.717, 1.165) is 157 Å². The molecule has 0 saturated heterocycles. The first-order chi connectivity index (χ1) is 63.9. The van der Waals surface area contributed by atoms with Gasteiger partial charge < -0.3 is 91.8 Å². The third kappa shape index (κ3) is 42.7. The molecule has 6 heterocycles. The molecule has 6 fully saturated rings. The van der Waals surface area contributed by atoms with Crippen molar-refractivity contribution in [2.75, 3.05) is 69.9 Å². The number of carbonyl (C=O) groups excluding carboxylic acids is 6. The van der Waals surface area contributed by atoms with Gasteiger partial charge in [0.25, 0.3) is 23.7 Å². The van der Waals surface area contributed by atoms with E-state index in [0.29, 0.717) is 99.4 Å². The van der Waals surface area contributed by atoms with Gasteiger partial charge in [0, 0.05) is 74.8 Å². The monoisotopic (exact) mass is 2140 g/mol. The molecule has 5 N–H and O–H groups in total.